The average molecular weight is 254 g/mol. The normalized spacial score (nSPS) is 12.2. The van der Waals surface area contributed by atoms with E-state index in [2.05, 4.69) is 0 Å². The van der Waals surface area contributed by atoms with Gasteiger partial charge in [-0.1, -0.05) is 6.07 Å². The summed E-state index contributed by atoms with van der Waals surface area (Å²) in [6.07, 6.45) is 1.41. The Hall–Kier alpha value is -1.26. The fourth-order valence-corrected chi connectivity index (χ4v) is 1.59. The van der Waals surface area contributed by atoms with Gasteiger partial charge in [-0.15, -0.1) is 0 Å². The second-order valence-corrected chi connectivity index (χ2v) is 4.13. The summed E-state index contributed by atoms with van der Waals surface area (Å²) in [5.41, 5.74) is 0.818. The first-order chi connectivity index (χ1) is 8.69. The average Bonchev–Trinajstić information content (AvgIpc) is 2.38. The van der Waals surface area contributed by atoms with Crippen molar-refractivity contribution in [1.82, 2.24) is 0 Å². The van der Waals surface area contributed by atoms with Gasteiger partial charge in [0, 0.05) is 13.7 Å². The Balaban J connectivity index is 2.54. The van der Waals surface area contributed by atoms with E-state index in [-0.39, 0.29) is 0 Å². The van der Waals surface area contributed by atoms with Crippen LogP contribution in [0.1, 0.15) is 31.4 Å². The minimum Gasteiger partial charge on any atom is -0.493 e. The summed E-state index contributed by atoms with van der Waals surface area (Å²) in [5.74, 6) is 1.36. The number of hydrogen-bond donors (Lipinski definition) is 1. The minimum absolute atomic E-state index is 0.505. The van der Waals surface area contributed by atoms with E-state index in [0.717, 1.165) is 25.0 Å². The molecule has 0 unspecified atom stereocenters. The van der Waals surface area contributed by atoms with E-state index in [1.54, 1.807) is 27.2 Å². The van der Waals surface area contributed by atoms with Gasteiger partial charge in [0.2, 0.25) is 0 Å². The van der Waals surface area contributed by atoms with Crippen molar-refractivity contribution >= 4 is 0 Å². The van der Waals surface area contributed by atoms with Crippen molar-refractivity contribution in [2.75, 3.05) is 27.4 Å². The molecule has 0 aliphatic rings. The van der Waals surface area contributed by atoms with E-state index >= 15 is 0 Å². The lowest BCUT2D eigenvalue weighted by Crippen LogP contribution is -2.02. The van der Waals surface area contributed by atoms with E-state index < -0.39 is 6.10 Å². The number of aliphatic hydroxyl groups is 1. The molecule has 102 valence electrons. The largest absolute Gasteiger partial charge is 0.493 e. The zero-order chi connectivity index (χ0) is 13.4. The van der Waals surface area contributed by atoms with Gasteiger partial charge in [-0.2, -0.15) is 0 Å². The number of methoxy groups -OCH3 is 2. The molecule has 18 heavy (non-hydrogen) atoms. The Labute approximate surface area is 108 Å². The molecular weight excluding hydrogens is 232 g/mol. The smallest absolute Gasteiger partial charge is 0.161 e. The summed E-state index contributed by atoms with van der Waals surface area (Å²) in [7, 11) is 3.29. The molecule has 1 N–H and O–H groups in total. The molecule has 0 bridgehead atoms. The van der Waals surface area contributed by atoms with Gasteiger partial charge in [-0.05, 0) is 37.5 Å². The maximum Gasteiger partial charge on any atom is 0.161 e. The van der Waals surface area contributed by atoms with E-state index in [4.69, 9.17) is 14.2 Å². The quantitative estimate of drug-likeness (QED) is 0.724. The molecule has 1 rings (SSSR count). The Morgan fingerprint density at radius 3 is 2.44 bits per heavy atom. The van der Waals surface area contributed by atoms with E-state index in [1.807, 2.05) is 12.1 Å². The molecule has 4 nitrogen and oxygen atoms in total. The molecule has 0 saturated carbocycles. The van der Waals surface area contributed by atoms with Crippen LogP contribution in [0.5, 0.6) is 11.5 Å². The van der Waals surface area contributed by atoms with Crippen LogP contribution in [0, 0.1) is 0 Å². The topological polar surface area (TPSA) is 47.9 Å². The summed E-state index contributed by atoms with van der Waals surface area (Å²) in [5, 5.41) is 9.50. The Kier molecular flexibility index (Phi) is 6.54. The lowest BCUT2D eigenvalue weighted by atomic mass is 10.1. The molecule has 1 atom stereocenters. The lowest BCUT2D eigenvalue weighted by molar-refractivity contribution is 0.183. The Morgan fingerprint density at radius 2 is 1.83 bits per heavy atom. The van der Waals surface area contributed by atoms with Crippen LogP contribution in [0.4, 0.5) is 0 Å². The number of aliphatic hydroxyl groups excluding tert-OH is 1. The fraction of sp³-hybridized carbons (Fsp3) is 0.571. The van der Waals surface area contributed by atoms with E-state index in [9.17, 15) is 5.11 Å². The van der Waals surface area contributed by atoms with Crippen molar-refractivity contribution in [2.24, 2.45) is 0 Å². The second-order valence-electron chi connectivity index (χ2n) is 4.13. The molecule has 0 heterocycles. The minimum atomic E-state index is -0.505. The van der Waals surface area contributed by atoms with Crippen LogP contribution in [0.2, 0.25) is 0 Å². The van der Waals surface area contributed by atoms with Gasteiger partial charge < -0.3 is 19.3 Å². The maximum atomic E-state index is 9.50. The molecule has 0 aliphatic heterocycles. The van der Waals surface area contributed by atoms with Gasteiger partial charge in [0.1, 0.15) is 0 Å². The fourth-order valence-electron chi connectivity index (χ4n) is 1.59. The molecule has 0 spiro atoms. The van der Waals surface area contributed by atoms with Crippen LogP contribution in [-0.4, -0.2) is 32.5 Å². The highest BCUT2D eigenvalue weighted by molar-refractivity contribution is 5.43. The predicted octanol–water partition coefficient (Wildman–Crippen LogP) is 2.55. The highest BCUT2D eigenvalue weighted by Gasteiger charge is 2.08. The molecule has 0 aliphatic carbocycles. The third kappa shape index (κ3) is 4.55. The van der Waals surface area contributed by atoms with Gasteiger partial charge in [0.15, 0.2) is 11.5 Å². The number of ether oxygens (including phenoxy) is 3. The van der Waals surface area contributed by atoms with Crippen LogP contribution >= 0.6 is 0 Å². The highest BCUT2D eigenvalue weighted by atomic mass is 16.5. The summed E-state index contributed by atoms with van der Waals surface area (Å²) in [6, 6.07) is 5.48. The zero-order valence-corrected chi connectivity index (χ0v) is 11.3. The Bertz CT molecular complexity index is 350. The molecule has 0 radical (unpaired) electrons. The summed E-state index contributed by atoms with van der Waals surface area (Å²) >= 11 is 0. The number of hydrogen-bond acceptors (Lipinski definition) is 4. The van der Waals surface area contributed by atoms with Gasteiger partial charge >= 0.3 is 0 Å². The van der Waals surface area contributed by atoms with Gasteiger partial charge in [-0.25, -0.2) is 0 Å². The summed E-state index contributed by atoms with van der Waals surface area (Å²) in [6.45, 7) is 3.11. The molecule has 0 amide bonds. The van der Waals surface area contributed by atoms with Crippen LogP contribution < -0.4 is 9.47 Å². The van der Waals surface area contributed by atoms with Crippen LogP contribution in [0.25, 0.3) is 0 Å². The van der Waals surface area contributed by atoms with E-state index in [0.29, 0.717) is 18.1 Å². The molecule has 0 aromatic heterocycles. The van der Waals surface area contributed by atoms with Crippen molar-refractivity contribution in [3.05, 3.63) is 23.8 Å². The Morgan fingerprint density at radius 1 is 1.11 bits per heavy atom. The second kappa shape index (κ2) is 7.95. The van der Waals surface area contributed by atoms with Crippen molar-refractivity contribution in [2.45, 2.75) is 25.9 Å². The molecule has 0 saturated heterocycles. The summed E-state index contributed by atoms with van der Waals surface area (Å²) < 4.78 is 15.9. The molecule has 1 aromatic rings. The molecular formula is C14H22O4. The molecule has 1 aromatic carbocycles. The third-order valence-electron chi connectivity index (χ3n) is 2.67. The first kappa shape index (κ1) is 14.8. The van der Waals surface area contributed by atoms with Crippen LogP contribution in [0.15, 0.2) is 18.2 Å². The number of rotatable bonds is 8. The maximum absolute atomic E-state index is 9.50. The lowest BCUT2D eigenvalue weighted by Gasteiger charge is -2.13. The van der Waals surface area contributed by atoms with Crippen molar-refractivity contribution in [3.63, 3.8) is 0 Å². The van der Waals surface area contributed by atoms with Crippen LogP contribution in [-0.2, 0) is 4.74 Å². The third-order valence-corrected chi connectivity index (χ3v) is 2.67. The first-order valence-corrected chi connectivity index (χ1v) is 6.16. The standard InChI is InChI=1S/C14H22O4/c1-11(15)12-6-7-13(14(10-12)17-3)18-9-5-4-8-16-2/h6-7,10-11,15H,4-5,8-9H2,1-3H3/t11-/m1/s1. The SMILES string of the molecule is COCCCCOc1ccc([C@@H](C)O)cc1OC. The van der Waals surface area contributed by atoms with Crippen molar-refractivity contribution in [3.8, 4) is 11.5 Å². The molecule has 0 fully saturated rings. The van der Waals surface area contributed by atoms with Gasteiger partial charge in [0.25, 0.3) is 0 Å². The van der Waals surface area contributed by atoms with Crippen LogP contribution in [0.3, 0.4) is 0 Å². The number of benzene rings is 1. The predicted molar refractivity (Wildman–Crippen MR) is 70.2 cm³/mol. The zero-order valence-electron chi connectivity index (χ0n) is 11.3. The van der Waals surface area contributed by atoms with Crippen molar-refractivity contribution in [1.29, 1.82) is 0 Å². The first-order valence-electron chi connectivity index (χ1n) is 6.16. The summed E-state index contributed by atoms with van der Waals surface area (Å²) in [4.78, 5) is 0. The van der Waals surface area contributed by atoms with E-state index in [1.165, 1.54) is 0 Å². The number of unbranched alkanes of at least 4 members (excludes halogenated alkanes) is 1. The van der Waals surface area contributed by atoms with Crippen molar-refractivity contribution < 1.29 is 19.3 Å². The monoisotopic (exact) mass is 254 g/mol. The van der Waals surface area contributed by atoms with Gasteiger partial charge in [0.05, 0.1) is 19.8 Å². The molecule has 4 heteroatoms. The highest BCUT2D eigenvalue weighted by Crippen LogP contribution is 2.30. The van der Waals surface area contributed by atoms with Gasteiger partial charge in [-0.3, -0.25) is 0 Å².